The van der Waals surface area contributed by atoms with E-state index in [-0.39, 0.29) is 5.60 Å². The van der Waals surface area contributed by atoms with Gasteiger partial charge in [0, 0.05) is 0 Å². The molecule has 3 heteroatoms. The number of hydrogen-bond donors (Lipinski definition) is 0. The zero-order chi connectivity index (χ0) is 22.3. The van der Waals surface area contributed by atoms with Crippen LogP contribution in [0.25, 0.3) is 0 Å². The van der Waals surface area contributed by atoms with Gasteiger partial charge < -0.3 is 4.43 Å². The lowest BCUT2D eigenvalue weighted by molar-refractivity contribution is 0.0385. The Kier molecular flexibility index (Phi) is 11.2. The van der Waals surface area contributed by atoms with Crippen molar-refractivity contribution in [3.8, 4) is 0 Å². The fourth-order valence-electron chi connectivity index (χ4n) is 6.36. The molecule has 0 aliphatic heterocycles. The van der Waals surface area contributed by atoms with Gasteiger partial charge in [0.25, 0.3) is 0 Å². The van der Waals surface area contributed by atoms with Crippen LogP contribution in [0.4, 0.5) is 0 Å². The average Bonchev–Trinajstić information content (AvgIpc) is 2.68. The molecule has 4 atom stereocenters. The smallest absolute Gasteiger partial charge is 0.192 e. The summed E-state index contributed by atoms with van der Waals surface area (Å²) >= 11 is 3.64. The average molecular weight is 488 g/mol. The van der Waals surface area contributed by atoms with E-state index >= 15 is 0 Å². The summed E-state index contributed by atoms with van der Waals surface area (Å²) < 4.78 is 6.85. The second kappa shape index (κ2) is 11.9. The first kappa shape index (κ1) is 27.4. The van der Waals surface area contributed by atoms with Crippen LogP contribution in [0.2, 0.25) is 18.1 Å². The van der Waals surface area contributed by atoms with Gasteiger partial charge in [-0.05, 0) is 85.8 Å². The number of rotatable bonds is 12. The highest BCUT2D eigenvalue weighted by Gasteiger charge is 2.43. The van der Waals surface area contributed by atoms with Gasteiger partial charge in [-0.25, -0.2) is 0 Å². The van der Waals surface area contributed by atoms with Crippen molar-refractivity contribution in [3.05, 3.63) is 10.6 Å². The Balaban J connectivity index is 2.73. The summed E-state index contributed by atoms with van der Waals surface area (Å²) in [5.41, 5.74) is 2.09. The molecule has 0 saturated heterocycles. The van der Waals surface area contributed by atoms with Gasteiger partial charge in [0.2, 0.25) is 0 Å². The number of allylic oxidation sites excluding steroid dienone is 1. The molecule has 1 aliphatic rings. The van der Waals surface area contributed by atoms with Crippen molar-refractivity contribution in [1.29, 1.82) is 0 Å². The van der Waals surface area contributed by atoms with Gasteiger partial charge in [0.15, 0.2) is 8.32 Å². The van der Waals surface area contributed by atoms with Gasteiger partial charge in [-0.1, -0.05) is 89.2 Å². The summed E-state index contributed by atoms with van der Waals surface area (Å²) in [5, 5.41) is 0. The largest absolute Gasteiger partial charge is 0.412 e. The fourth-order valence-corrected chi connectivity index (χ4v) is 10.2. The van der Waals surface area contributed by atoms with Crippen LogP contribution in [0.5, 0.6) is 0 Å². The molecular formula is C26H51BrOSi. The molecule has 1 saturated carbocycles. The van der Waals surface area contributed by atoms with Crippen molar-refractivity contribution in [2.45, 2.75) is 131 Å². The Hall–Kier alpha value is 0.397. The van der Waals surface area contributed by atoms with Gasteiger partial charge in [-0.15, -0.1) is 0 Å². The summed E-state index contributed by atoms with van der Waals surface area (Å²) in [6.45, 7) is 21.7. The van der Waals surface area contributed by atoms with Crippen LogP contribution in [0.3, 0.4) is 0 Å². The van der Waals surface area contributed by atoms with Gasteiger partial charge in [0.1, 0.15) is 0 Å². The molecule has 0 N–H and O–H groups in total. The molecule has 0 spiro atoms. The summed E-state index contributed by atoms with van der Waals surface area (Å²) in [5.74, 6) is 2.27. The van der Waals surface area contributed by atoms with Crippen molar-refractivity contribution in [3.63, 3.8) is 0 Å². The molecule has 0 amide bonds. The molecule has 29 heavy (non-hydrogen) atoms. The highest BCUT2D eigenvalue weighted by atomic mass is 79.9. The molecule has 0 unspecified atom stereocenters. The minimum absolute atomic E-state index is 0.0313. The topological polar surface area (TPSA) is 9.23 Å². The summed E-state index contributed by atoms with van der Waals surface area (Å²) in [6, 6.07) is 3.74. The maximum atomic E-state index is 6.85. The monoisotopic (exact) mass is 486 g/mol. The SMILES string of the molecule is CC[C@H]([C@H](C)CCCC(C)(C)O[Si](CC)(CC)CC)[C@@]1(C)CCC/C(=C\Br)[C@@H]1C. The fraction of sp³-hybridized carbons (Fsp3) is 0.923. The molecule has 0 aromatic carbocycles. The third-order valence-electron chi connectivity index (χ3n) is 8.70. The second-order valence-corrected chi connectivity index (χ2v) is 15.9. The molecule has 0 aromatic heterocycles. The van der Waals surface area contributed by atoms with Crippen LogP contribution in [0, 0.1) is 23.2 Å². The van der Waals surface area contributed by atoms with Crippen molar-refractivity contribution in [2.24, 2.45) is 23.2 Å². The molecule has 1 fully saturated rings. The van der Waals surface area contributed by atoms with E-state index in [1.807, 2.05) is 0 Å². The first-order chi connectivity index (χ1) is 13.5. The quantitative estimate of drug-likeness (QED) is 0.249. The lowest BCUT2D eigenvalue weighted by atomic mass is 9.56. The first-order valence-electron chi connectivity index (χ1n) is 12.5. The Bertz CT molecular complexity index is 503. The van der Waals surface area contributed by atoms with Crippen molar-refractivity contribution in [1.82, 2.24) is 0 Å². The van der Waals surface area contributed by atoms with E-state index in [9.17, 15) is 0 Å². The molecule has 1 aliphatic carbocycles. The lowest BCUT2D eigenvalue weighted by Gasteiger charge is -2.49. The normalized spacial score (nSPS) is 27.2. The number of halogens is 1. The maximum Gasteiger partial charge on any atom is 0.192 e. The second-order valence-electron chi connectivity index (χ2n) is 10.8. The molecule has 1 nitrogen and oxygen atoms in total. The van der Waals surface area contributed by atoms with Gasteiger partial charge in [0.05, 0.1) is 5.60 Å². The Morgan fingerprint density at radius 3 is 2.28 bits per heavy atom. The molecule has 0 aromatic rings. The van der Waals surface area contributed by atoms with Crippen LogP contribution in [0.15, 0.2) is 10.6 Å². The van der Waals surface area contributed by atoms with E-state index in [1.165, 1.54) is 63.1 Å². The molecule has 1 rings (SSSR count). The van der Waals surface area contributed by atoms with E-state index in [2.05, 4.69) is 83.2 Å². The molecule has 0 bridgehead atoms. The summed E-state index contributed by atoms with van der Waals surface area (Å²) in [4.78, 5) is 2.22. The van der Waals surface area contributed by atoms with Crippen molar-refractivity contribution in [2.75, 3.05) is 0 Å². The van der Waals surface area contributed by atoms with E-state index in [1.54, 1.807) is 5.57 Å². The van der Waals surface area contributed by atoms with Gasteiger partial charge in [-0.3, -0.25) is 0 Å². The molecular weight excluding hydrogens is 436 g/mol. The summed E-state index contributed by atoms with van der Waals surface area (Å²) in [7, 11) is -1.53. The van der Waals surface area contributed by atoms with Crippen LogP contribution >= 0.6 is 15.9 Å². The van der Waals surface area contributed by atoms with Crippen LogP contribution in [-0.2, 0) is 4.43 Å². The first-order valence-corrected chi connectivity index (χ1v) is 16.0. The number of hydrogen-bond acceptors (Lipinski definition) is 1. The molecule has 0 heterocycles. The van der Waals surface area contributed by atoms with E-state index in [0.717, 1.165) is 11.8 Å². The Morgan fingerprint density at radius 2 is 1.79 bits per heavy atom. The van der Waals surface area contributed by atoms with Crippen molar-refractivity contribution < 1.29 is 4.43 Å². The minimum atomic E-state index is -1.53. The highest BCUT2D eigenvalue weighted by Crippen LogP contribution is 2.53. The lowest BCUT2D eigenvalue weighted by Crippen LogP contribution is -2.44. The molecule has 0 radical (unpaired) electrons. The van der Waals surface area contributed by atoms with Crippen LogP contribution in [-0.4, -0.2) is 13.9 Å². The highest BCUT2D eigenvalue weighted by molar-refractivity contribution is 9.11. The zero-order valence-electron chi connectivity index (χ0n) is 21.2. The Labute approximate surface area is 193 Å². The summed E-state index contributed by atoms with van der Waals surface area (Å²) in [6.07, 6.45) is 9.12. The predicted octanol–water partition coefficient (Wildman–Crippen LogP) is 9.72. The molecule has 172 valence electrons. The Morgan fingerprint density at radius 1 is 1.21 bits per heavy atom. The standard InChI is InChI=1S/C26H51BrOSi/c1-10-24(26(9)19-15-17-23(20-27)22(26)6)21(5)16-14-18-25(7,8)28-29(11-2,12-3)13-4/h20-22,24H,10-19H2,1-9H3/b23-20+/t21-,22+,24-,26+/m1/s1. The van der Waals surface area contributed by atoms with Gasteiger partial charge in [-0.2, -0.15) is 0 Å². The van der Waals surface area contributed by atoms with E-state index in [4.69, 9.17) is 4.43 Å². The zero-order valence-corrected chi connectivity index (χ0v) is 23.8. The van der Waals surface area contributed by atoms with E-state index in [0.29, 0.717) is 11.3 Å². The van der Waals surface area contributed by atoms with Gasteiger partial charge >= 0.3 is 0 Å². The predicted molar refractivity (Wildman–Crippen MR) is 137 cm³/mol. The maximum absolute atomic E-state index is 6.85. The third kappa shape index (κ3) is 6.94. The van der Waals surface area contributed by atoms with E-state index < -0.39 is 8.32 Å². The van der Waals surface area contributed by atoms with Crippen LogP contribution in [0.1, 0.15) is 107 Å². The van der Waals surface area contributed by atoms with Crippen LogP contribution < -0.4 is 0 Å². The third-order valence-corrected chi connectivity index (χ3v) is 14.1. The van der Waals surface area contributed by atoms with Crippen molar-refractivity contribution >= 4 is 24.2 Å². The minimum Gasteiger partial charge on any atom is -0.412 e.